The van der Waals surface area contributed by atoms with E-state index in [1.165, 1.54) is 99.8 Å². The molecule has 0 aliphatic rings. The zero-order chi connectivity index (χ0) is 40.1. The van der Waals surface area contributed by atoms with Gasteiger partial charge in [-0.2, -0.15) is 20.5 Å². The minimum Gasteiger partial charge on any atom is -0.465 e. The molecule has 0 saturated heterocycles. The first-order valence-electron chi connectivity index (χ1n) is 16.9. The van der Waals surface area contributed by atoms with Gasteiger partial charge in [-0.15, -0.1) is 0 Å². The van der Waals surface area contributed by atoms with Gasteiger partial charge in [0.05, 0.1) is 33.8 Å². The Kier molecular flexibility index (Phi) is 12.7. The molecule has 0 aliphatic carbocycles. The van der Waals surface area contributed by atoms with Crippen LogP contribution in [-0.2, 0) is 31.2 Å². The molecule has 0 aromatic heterocycles. The summed E-state index contributed by atoms with van der Waals surface area (Å²) in [5, 5.41) is 5.61. The van der Waals surface area contributed by atoms with Gasteiger partial charge in [0.25, 0.3) is 31.9 Å². The number of benzene rings is 5. The summed E-state index contributed by atoms with van der Waals surface area (Å²) in [5.41, 5.74) is 1.80. The molecule has 55 heavy (non-hydrogen) atoms. The molecule has 0 heterocycles. The van der Waals surface area contributed by atoms with Gasteiger partial charge in [0, 0.05) is 26.9 Å². The first-order chi connectivity index (χ1) is 26.1. The lowest BCUT2D eigenvalue weighted by atomic mass is 10.1. The fourth-order valence-corrected chi connectivity index (χ4v) is 10.3. The summed E-state index contributed by atoms with van der Waals surface area (Å²) in [6, 6.07) is 24.5. The summed E-state index contributed by atoms with van der Waals surface area (Å²) in [7, 11) is -8.48. The number of hydrogen-bond donors (Lipinski definition) is 2. The van der Waals surface area contributed by atoms with Crippen LogP contribution in [0.4, 0.5) is 17.1 Å². The number of methoxy groups -OCH3 is 1. The molecule has 0 bridgehead atoms. The van der Waals surface area contributed by atoms with Crippen molar-refractivity contribution in [3.8, 4) is 0 Å². The number of carbonyl (C=O) groups is 3. The molecule has 0 aliphatic heterocycles. The molecular weight excluding hydrogens is 785 g/mol. The van der Waals surface area contributed by atoms with Gasteiger partial charge in [-0.1, -0.05) is 60.8 Å². The number of ether oxygens (including phenoxy) is 1. The first-order valence-corrected chi connectivity index (χ1v) is 20.6. The molecule has 5 aromatic carbocycles. The summed E-state index contributed by atoms with van der Waals surface area (Å²) >= 11 is 12.5. The highest BCUT2D eigenvalue weighted by atomic mass is 35.5. The van der Waals surface area contributed by atoms with Crippen molar-refractivity contribution in [1.82, 2.24) is 0 Å². The van der Waals surface area contributed by atoms with Crippen LogP contribution in [-0.4, -0.2) is 41.7 Å². The van der Waals surface area contributed by atoms with Gasteiger partial charge in [0.15, 0.2) is 0 Å². The van der Waals surface area contributed by atoms with Gasteiger partial charge in [-0.05, 0) is 122 Å². The SMILES string of the molecule is CCCCc1ccc(C(=O)Nc2ccc(NC(=O)c3ccc(N(S(=O)(=O)c4cccc(Cl)c4C)S(=O)(=O)c4cccc(Cl)c4C)cc3)cc2C(=O)OC)cc1. The largest absolute Gasteiger partial charge is 0.465 e. The molecule has 286 valence electrons. The molecule has 0 atom stereocenters. The Labute approximate surface area is 330 Å². The van der Waals surface area contributed by atoms with Crippen LogP contribution in [0.2, 0.25) is 10.0 Å². The Morgan fingerprint density at radius 3 is 1.71 bits per heavy atom. The second kappa shape index (κ2) is 17.1. The predicted molar refractivity (Wildman–Crippen MR) is 214 cm³/mol. The first kappa shape index (κ1) is 41.0. The number of carbonyl (C=O) groups excluding carboxylic acids is 3. The number of anilines is 3. The molecule has 11 nitrogen and oxygen atoms in total. The molecule has 5 rings (SSSR count). The lowest BCUT2D eigenvalue weighted by Crippen LogP contribution is -2.37. The van der Waals surface area contributed by atoms with Crippen LogP contribution in [0.15, 0.2) is 113 Å². The number of unbranched alkanes of at least 4 members (excludes halogenated alkanes) is 1. The standard InChI is InChI=1S/C40H37Cl2N3O8S2/c1-5-6-9-27-14-16-28(17-15-27)39(47)44-35-23-20-30(24-32(35)40(48)53-4)43-38(46)29-18-21-31(22-19-29)45(54(49,50)36-12-7-10-33(41)25(36)2)55(51,52)37-13-8-11-34(42)26(37)3/h7-8,10-24H,5-6,9H2,1-4H3,(H,43,46)(H,44,47). The molecule has 5 aromatic rings. The van der Waals surface area contributed by atoms with E-state index in [-0.39, 0.29) is 62.9 Å². The Morgan fingerprint density at radius 2 is 1.20 bits per heavy atom. The van der Waals surface area contributed by atoms with E-state index in [1.807, 2.05) is 12.1 Å². The predicted octanol–water partition coefficient (Wildman–Crippen LogP) is 8.83. The molecule has 0 unspecified atom stereocenters. The number of rotatable bonds is 13. The summed E-state index contributed by atoms with van der Waals surface area (Å²) in [6.07, 6.45) is 2.98. The zero-order valence-electron chi connectivity index (χ0n) is 30.2. The third kappa shape index (κ3) is 8.86. The maximum Gasteiger partial charge on any atom is 0.340 e. The van der Waals surface area contributed by atoms with Gasteiger partial charge in [0.2, 0.25) is 0 Å². The van der Waals surface area contributed by atoms with Crippen LogP contribution in [0, 0.1) is 13.8 Å². The number of halogens is 2. The van der Waals surface area contributed by atoms with Crippen molar-refractivity contribution in [1.29, 1.82) is 0 Å². The highest BCUT2D eigenvalue weighted by molar-refractivity contribution is 8.10. The molecule has 0 saturated carbocycles. The van der Waals surface area contributed by atoms with E-state index >= 15 is 0 Å². The highest BCUT2D eigenvalue weighted by Crippen LogP contribution is 2.36. The van der Waals surface area contributed by atoms with Gasteiger partial charge in [-0.25, -0.2) is 4.79 Å². The quantitative estimate of drug-likeness (QED) is 0.112. The number of esters is 1. The van der Waals surface area contributed by atoms with Crippen molar-refractivity contribution in [2.75, 3.05) is 21.5 Å². The second-order valence-electron chi connectivity index (χ2n) is 12.4. The van der Waals surface area contributed by atoms with E-state index < -0.39 is 37.8 Å². The minimum atomic E-state index is -4.83. The lowest BCUT2D eigenvalue weighted by molar-refractivity contribution is 0.0601. The number of amides is 2. The third-order valence-electron chi connectivity index (χ3n) is 8.73. The van der Waals surface area contributed by atoms with Gasteiger partial charge < -0.3 is 15.4 Å². The molecule has 0 radical (unpaired) electrons. The third-order valence-corrected chi connectivity index (χ3v) is 14.0. The molecule has 15 heteroatoms. The molecule has 2 amide bonds. The maximum absolute atomic E-state index is 14.2. The Hall–Kier alpha value is -5.21. The van der Waals surface area contributed by atoms with E-state index in [2.05, 4.69) is 17.6 Å². The average Bonchev–Trinajstić information content (AvgIpc) is 3.16. The summed E-state index contributed by atoms with van der Waals surface area (Å²) in [6.45, 7) is 5.01. The Balaban J connectivity index is 1.44. The van der Waals surface area contributed by atoms with Gasteiger partial charge in [-0.3, -0.25) is 9.59 Å². The fourth-order valence-electron chi connectivity index (χ4n) is 5.67. The Bertz CT molecular complexity index is 2410. The number of nitrogens with zero attached hydrogens (tertiary/aromatic N) is 1. The number of hydrogen-bond acceptors (Lipinski definition) is 8. The fraction of sp³-hybridized carbons (Fsp3) is 0.175. The highest BCUT2D eigenvalue weighted by Gasteiger charge is 2.39. The molecule has 0 spiro atoms. The van der Waals surface area contributed by atoms with E-state index in [9.17, 15) is 31.2 Å². The van der Waals surface area contributed by atoms with E-state index in [4.69, 9.17) is 27.9 Å². The van der Waals surface area contributed by atoms with Crippen molar-refractivity contribution in [3.63, 3.8) is 0 Å². The lowest BCUT2D eigenvalue weighted by Gasteiger charge is -2.26. The van der Waals surface area contributed by atoms with Crippen LogP contribution < -0.4 is 14.3 Å². The summed E-state index contributed by atoms with van der Waals surface area (Å²) < 4.78 is 62.1. The zero-order valence-corrected chi connectivity index (χ0v) is 33.4. The van der Waals surface area contributed by atoms with Crippen LogP contribution >= 0.6 is 23.2 Å². The maximum atomic E-state index is 14.2. The van der Waals surface area contributed by atoms with Crippen molar-refractivity contribution >= 4 is 78.1 Å². The van der Waals surface area contributed by atoms with Crippen LogP contribution in [0.25, 0.3) is 0 Å². The van der Waals surface area contributed by atoms with Crippen LogP contribution in [0.3, 0.4) is 0 Å². The van der Waals surface area contributed by atoms with E-state index in [1.54, 1.807) is 12.1 Å². The van der Waals surface area contributed by atoms with Crippen molar-refractivity contribution in [2.24, 2.45) is 0 Å². The molecule has 0 fully saturated rings. The molecule has 2 N–H and O–H groups in total. The number of nitrogens with one attached hydrogen (secondary N) is 2. The van der Waals surface area contributed by atoms with Crippen LogP contribution in [0.5, 0.6) is 0 Å². The van der Waals surface area contributed by atoms with Crippen LogP contribution in [0.1, 0.15) is 67.5 Å². The van der Waals surface area contributed by atoms with E-state index in [0.717, 1.165) is 24.8 Å². The molecular formula is C40H37Cl2N3O8S2. The van der Waals surface area contributed by atoms with Crippen molar-refractivity contribution < 1.29 is 36.0 Å². The number of aryl methyl sites for hydroxylation is 1. The average molecular weight is 823 g/mol. The summed E-state index contributed by atoms with van der Waals surface area (Å²) in [5.74, 6) is -1.88. The van der Waals surface area contributed by atoms with Gasteiger partial charge in [0.1, 0.15) is 0 Å². The minimum absolute atomic E-state index is 0.0238. The Morgan fingerprint density at radius 1 is 0.691 bits per heavy atom. The number of sulfonamides is 2. The topological polar surface area (TPSA) is 156 Å². The summed E-state index contributed by atoms with van der Waals surface area (Å²) in [4.78, 5) is 38.5. The van der Waals surface area contributed by atoms with Crippen molar-refractivity contribution in [2.45, 2.75) is 49.8 Å². The van der Waals surface area contributed by atoms with Gasteiger partial charge >= 0.3 is 5.97 Å². The normalized spacial score (nSPS) is 11.5. The van der Waals surface area contributed by atoms with E-state index in [0.29, 0.717) is 5.56 Å². The smallest absolute Gasteiger partial charge is 0.340 e. The monoisotopic (exact) mass is 821 g/mol. The van der Waals surface area contributed by atoms with Crippen molar-refractivity contribution in [3.05, 3.63) is 147 Å². The second-order valence-corrected chi connectivity index (χ2v) is 17.0.